The smallest absolute Gasteiger partial charge is 0.251 e. The van der Waals surface area contributed by atoms with Crippen LogP contribution in [-0.2, 0) is 0 Å². The maximum atomic E-state index is 12.1. The Morgan fingerprint density at radius 2 is 1.95 bits per heavy atom. The Bertz CT molecular complexity index is 484. The van der Waals surface area contributed by atoms with Crippen molar-refractivity contribution >= 4 is 29.1 Å². The van der Waals surface area contributed by atoms with Gasteiger partial charge in [0.25, 0.3) is 5.91 Å². The molecule has 1 saturated carbocycles. The minimum atomic E-state index is -0.131. The highest BCUT2D eigenvalue weighted by Crippen LogP contribution is 2.29. The fourth-order valence-electron chi connectivity index (χ4n) is 2.54. The van der Waals surface area contributed by atoms with Gasteiger partial charge in [0.1, 0.15) is 10.3 Å². The molecule has 2 fully saturated rings. The number of nitrogens with zero attached hydrogens (tertiary/aromatic N) is 2. The number of likely N-dealkylation sites (tertiary alicyclic amines) is 1. The van der Waals surface area contributed by atoms with E-state index in [9.17, 15) is 4.79 Å². The molecule has 4 nitrogen and oxygen atoms in total. The quantitative estimate of drug-likeness (QED) is 0.872. The number of carbonyl (C=O) groups is 1. The minimum absolute atomic E-state index is 0.131. The molecule has 1 N–H and O–H groups in total. The van der Waals surface area contributed by atoms with Gasteiger partial charge in [-0.1, -0.05) is 23.2 Å². The molecule has 102 valence electrons. The van der Waals surface area contributed by atoms with Gasteiger partial charge in [-0.05, 0) is 31.4 Å². The monoisotopic (exact) mass is 299 g/mol. The van der Waals surface area contributed by atoms with Crippen LogP contribution in [0, 0.1) is 0 Å². The summed E-state index contributed by atoms with van der Waals surface area (Å²) in [5.41, 5.74) is 0.467. The van der Waals surface area contributed by atoms with E-state index in [1.165, 1.54) is 25.0 Å². The largest absolute Gasteiger partial charge is 0.348 e. The highest BCUT2D eigenvalue weighted by atomic mass is 35.5. The SMILES string of the molecule is O=C(NC1CCN(C2CC2)C1)c1cc(Cl)nc(Cl)c1. The first kappa shape index (κ1) is 13.2. The van der Waals surface area contributed by atoms with Gasteiger partial charge in [-0.2, -0.15) is 0 Å². The van der Waals surface area contributed by atoms with E-state index in [2.05, 4.69) is 15.2 Å². The second-order valence-electron chi connectivity index (χ2n) is 5.19. The van der Waals surface area contributed by atoms with Crippen LogP contribution in [0.3, 0.4) is 0 Å². The first-order valence-corrected chi connectivity index (χ1v) is 7.25. The summed E-state index contributed by atoms with van der Waals surface area (Å²) in [6, 6.07) is 4.05. The normalized spacial score (nSPS) is 23.6. The van der Waals surface area contributed by atoms with Crippen molar-refractivity contribution in [3.8, 4) is 0 Å². The molecule has 1 aromatic rings. The molecule has 2 aliphatic rings. The number of hydrogen-bond donors (Lipinski definition) is 1. The molecule has 2 heterocycles. The molecule has 1 aromatic heterocycles. The molecule has 1 atom stereocenters. The Kier molecular flexibility index (Phi) is 3.65. The number of hydrogen-bond acceptors (Lipinski definition) is 3. The van der Waals surface area contributed by atoms with Crippen molar-refractivity contribution in [3.05, 3.63) is 28.0 Å². The van der Waals surface area contributed by atoms with Crippen molar-refractivity contribution in [3.63, 3.8) is 0 Å². The van der Waals surface area contributed by atoms with E-state index in [0.29, 0.717) is 5.56 Å². The lowest BCUT2D eigenvalue weighted by molar-refractivity contribution is 0.0937. The fraction of sp³-hybridized carbons (Fsp3) is 0.538. The molecule has 3 rings (SSSR count). The number of aromatic nitrogens is 1. The van der Waals surface area contributed by atoms with Crippen LogP contribution in [0.2, 0.25) is 10.3 Å². The highest BCUT2D eigenvalue weighted by Gasteiger charge is 2.34. The molecule has 1 aliphatic heterocycles. The lowest BCUT2D eigenvalue weighted by atomic mass is 10.2. The van der Waals surface area contributed by atoms with Crippen LogP contribution in [0.4, 0.5) is 0 Å². The molecule has 0 radical (unpaired) electrons. The van der Waals surface area contributed by atoms with E-state index >= 15 is 0 Å². The minimum Gasteiger partial charge on any atom is -0.348 e. The molecular weight excluding hydrogens is 285 g/mol. The zero-order valence-electron chi connectivity index (χ0n) is 10.4. The molecular formula is C13H15Cl2N3O. The Labute approximate surface area is 122 Å². The molecule has 0 aromatic carbocycles. The van der Waals surface area contributed by atoms with Crippen molar-refractivity contribution in [2.45, 2.75) is 31.3 Å². The first-order chi connectivity index (χ1) is 9.11. The third kappa shape index (κ3) is 3.19. The zero-order valence-corrected chi connectivity index (χ0v) is 11.9. The summed E-state index contributed by atoms with van der Waals surface area (Å²) in [5, 5.41) is 3.52. The Morgan fingerprint density at radius 1 is 1.26 bits per heavy atom. The van der Waals surface area contributed by atoms with Gasteiger partial charge in [-0.25, -0.2) is 4.98 Å². The number of pyridine rings is 1. The van der Waals surface area contributed by atoms with Crippen molar-refractivity contribution in [2.24, 2.45) is 0 Å². The van der Waals surface area contributed by atoms with Crippen LogP contribution in [-0.4, -0.2) is 41.0 Å². The predicted molar refractivity (Wildman–Crippen MR) is 74.7 cm³/mol. The number of nitrogens with one attached hydrogen (secondary N) is 1. The molecule has 1 amide bonds. The Hall–Kier alpha value is -0.840. The summed E-state index contributed by atoms with van der Waals surface area (Å²) < 4.78 is 0. The first-order valence-electron chi connectivity index (χ1n) is 6.50. The average Bonchev–Trinajstić information content (AvgIpc) is 3.09. The van der Waals surface area contributed by atoms with E-state index in [1.54, 1.807) is 0 Å². The number of rotatable bonds is 3. The van der Waals surface area contributed by atoms with E-state index in [1.807, 2.05) is 0 Å². The molecule has 1 saturated heterocycles. The van der Waals surface area contributed by atoms with Gasteiger partial charge in [-0.15, -0.1) is 0 Å². The lowest BCUT2D eigenvalue weighted by Crippen LogP contribution is -2.37. The lowest BCUT2D eigenvalue weighted by Gasteiger charge is -2.15. The Morgan fingerprint density at radius 3 is 2.58 bits per heavy atom. The second kappa shape index (κ2) is 5.27. The van der Waals surface area contributed by atoms with E-state index in [0.717, 1.165) is 25.6 Å². The fourth-order valence-corrected chi connectivity index (χ4v) is 3.00. The predicted octanol–water partition coefficient (Wildman–Crippen LogP) is 2.35. The van der Waals surface area contributed by atoms with Gasteiger partial charge in [0.05, 0.1) is 0 Å². The van der Waals surface area contributed by atoms with Crippen molar-refractivity contribution in [2.75, 3.05) is 13.1 Å². The highest BCUT2D eigenvalue weighted by molar-refractivity contribution is 6.33. The van der Waals surface area contributed by atoms with Crippen LogP contribution in [0.25, 0.3) is 0 Å². The summed E-state index contributed by atoms with van der Waals surface area (Å²) >= 11 is 11.6. The second-order valence-corrected chi connectivity index (χ2v) is 5.96. The number of halogens is 2. The van der Waals surface area contributed by atoms with Gasteiger partial charge in [0.15, 0.2) is 0 Å². The molecule has 6 heteroatoms. The number of amides is 1. The zero-order chi connectivity index (χ0) is 13.4. The Balaban J connectivity index is 1.61. The summed E-state index contributed by atoms with van der Waals surface area (Å²) in [6.07, 6.45) is 3.61. The van der Waals surface area contributed by atoms with E-state index in [4.69, 9.17) is 23.2 Å². The summed E-state index contributed by atoms with van der Waals surface area (Å²) in [4.78, 5) is 18.4. The van der Waals surface area contributed by atoms with E-state index < -0.39 is 0 Å². The molecule has 19 heavy (non-hydrogen) atoms. The molecule has 1 unspecified atom stereocenters. The van der Waals surface area contributed by atoms with Gasteiger partial charge in [-0.3, -0.25) is 9.69 Å². The maximum Gasteiger partial charge on any atom is 0.251 e. The van der Waals surface area contributed by atoms with Gasteiger partial charge in [0, 0.05) is 30.7 Å². The van der Waals surface area contributed by atoms with Crippen molar-refractivity contribution in [1.82, 2.24) is 15.2 Å². The van der Waals surface area contributed by atoms with Crippen LogP contribution in [0.1, 0.15) is 29.6 Å². The molecule has 0 spiro atoms. The summed E-state index contributed by atoms with van der Waals surface area (Å²) in [7, 11) is 0. The summed E-state index contributed by atoms with van der Waals surface area (Å²) in [5.74, 6) is -0.131. The molecule has 0 bridgehead atoms. The standard InChI is InChI=1S/C13H15Cl2N3O/c14-11-5-8(6-12(15)17-11)13(19)16-9-3-4-18(7-9)10-1-2-10/h5-6,9-10H,1-4,7H2,(H,16,19). The summed E-state index contributed by atoms with van der Waals surface area (Å²) in [6.45, 7) is 2.02. The van der Waals surface area contributed by atoms with Crippen LogP contribution >= 0.6 is 23.2 Å². The topological polar surface area (TPSA) is 45.2 Å². The van der Waals surface area contributed by atoms with Gasteiger partial charge < -0.3 is 5.32 Å². The van der Waals surface area contributed by atoms with Crippen LogP contribution < -0.4 is 5.32 Å². The number of carbonyl (C=O) groups excluding carboxylic acids is 1. The third-order valence-electron chi connectivity index (χ3n) is 3.64. The van der Waals surface area contributed by atoms with Gasteiger partial charge >= 0.3 is 0 Å². The van der Waals surface area contributed by atoms with Crippen LogP contribution in [0.15, 0.2) is 12.1 Å². The van der Waals surface area contributed by atoms with Crippen LogP contribution in [0.5, 0.6) is 0 Å². The molecule has 1 aliphatic carbocycles. The van der Waals surface area contributed by atoms with E-state index in [-0.39, 0.29) is 22.3 Å². The van der Waals surface area contributed by atoms with Crippen molar-refractivity contribution in [1.29, 1.82) is 0 Å². The third-order valence-corrected chi connectivity index (χ3v) is 4.03. The van der Waals surface area contributed by atoms with Crippen molar-refractivity contribution < 1.29 is 4.79 Å². The maximum absolute atomic E-state index is 12.1. The average molecular weight is 300 g/mol. The van der Waals surface area contributed by atoms with Gasteiger partial charge in [0.2, 0.25) is 0 Å².